The Labute approximate surface area is 135 Å². The predicted molar refractivity (Wildman–Crippen MR) is 88.4 cm³/mol. The van der Waals surface area contributed by atoms with Gasteiger partial charge in [0.1, 0.15) is 5.15 Å². The van der Waals surface area contributed by atoms with E-state index in [0.29, 0.717) is 28.9 Å². The average Bonchev–Trinajstić information content (AvgIpc) is 2.52. The lowest BCUT2D eigenvalue weighted by Gasteiger charge is -2.25. The molecule has 0 fully saturated rings. The van der Waals surface area contributed by atoms with Gasteiger partial charge in [0.05, 0.1) is 11.3 Å². The molecule has 1 aliphatic rings. The zero-order chi connectivity index (χ0) is 15.5. The van der Waals surface area contributed by atoms with Crippen LogP contribution in [0.3, 0.4) is 0 Å². The van der Waals surface area contributed by atoms with Crippen molar-refractivity contribution in [3.63, 3.8) is 0 Å². The minimum absolute atomic E-state index is 0.0790. The highest BCUT2D eigenvalue weighted by molar-refractivity contribution is 6.29. The van der Waals surface area contributed by atoms with E-state index in [1.54, 1.807) is 19.1 Å². The van der Waals surface area contributed by atoms with Crippen LogP contribution in [-0.4, -0.2) is 17.4 Å². The van der Waals surface area contributed by atoms with Crippen LogP contribution < -0.4 is 5.32 Å². The zero-order valence-electron chi connectivity index (χ0n) is 12.6. The summed E-state index contributed by atoms with van der Waals surface area (Å²) in [6.45, 7) is 2.47. The van der Waals surface area contributed by atoms with Crippen LogP contribution in [0.2, 0.25) is 5.15 Å². The van der Waals surface area contributed by atoms with E-state index < -0.39 is 0 Å². The van der Waals surface area contributed by atoms with Crippen LogP contribution in [0.5, 0.6) is 0 Å². The molecule has 0 radical (unpaired) electrons. The largest absolute Gasteiger partial charge is 0.351 e. The third-order valence-corrected chi connectivity index (χ3v) is 4.51. The van der Waals surface area contributed by atoms with Crippen molar-refractivity contribution in [1.82, 2.24) is 10.3 Å². The lowest BCUT2D eigenvalue weighted by molar-refractivity contribution is 0.0949. The molecule has 1 N–H and O–H groups in total. The number of hydrogen-bond acceptors (Lipinski definition) is 2. The molecule has 114 valence electrons. The van der Waals surface area contributed by atoms with Crippen LogP contribution in [0.1, 0.15) is 45.9 Å². The maximum atomic E-state index is 12.3. The second-order valence-electron chi connectivity index (χ2n) is 5.76. The number of fused-ring (bicyclic) bond motifs is 1. The Kier molecular flexibility index (Phi) is 4.44. The Bertz CT molecular complexity index is 699. The van der Waals surface area contributed by atoms with E-state index in [0.717, 1.165) is 12.8 Å². The average molecular weight is 315 g/mol. The van der Waals surface area contributed by atoms with E-state index in [9.17, 15) is 4.79 Å². The summed E-state index contributed by atoms with van der Waals surface area (Å²) < 4.78 is 0. The summed E-state index contributed by atoms with van der Waals surface area (Å²) in [4.78, 5) is 16.5. The van der Waals surface area contributed by atoms with E-state index in [1.807, 2.05) is 0 Å². The van der Waals surface area contributed by atoms with Gasteiger partial charge < -0.3 is 5.32 Å². The predicted octanol–water partition coefficient (Wildman–Crippen LogP) is 3.89. The SMILES string of the molecule is Cc1nc(Cl)ccc1C(=O)NC[C@H]1CCCc2ccccc21. The van der Waals surface area contributed by atoms with E-state index in [2.05, 4.69) is 34.6 Å². The highest BCUT2D eigenvalue weighted by Crippen LogP contribution is 2.30. The summed E-state index contributed by atoms with van der Waals surface area (Å²) in [5.41, 5.74) is 4.04. The number of aromatic nitrogens is 1. The van der Waals surface area contributed by atoms with Crippen molar-refractivity contribution < 1.29 is 4.79 Å². The molecule has 1 aromatic heterocycles. The minimum Gasteiger partial charge on any atom is -0.351 e. The molecule has 3 nitrogen and oxygen atoms in total. The fraction of sp³-hybridized carbons (Fsp3) is 0.333. The maximum absolute atomic E-state index is 12.3. The topological polar surface area (TPSA) is 42.0 Å². The van der Waals surface area contributed by atoms with Gasteiger partial charge in [-0.25, -0.2) is 4.98 Å². The first-order valence-corrected chi connectivity index (χ1v) is 8.02. The molecule has 2 aromatic rings. The Morgan fingerprint density at radius 1 is 1.32 bits per heavy atom. The lowest BCUT2D eigenvalue weighted by Crippen LogP contribution is -2.30. The van der Waals surface area contributed by atoms with Crippen LogP contribution in [0.25, 0.3) is 0 Å². The van der Waals surface area contributed by atoms with Crippen LogP contribution in [0.15, 0.2) is 36.4 Å². The first-order valence-electron chi connectivity index (χ1n) is 7.64. The number of amides is 1. The molecule has 0 bridgehead atoms. The number of halogens is 1. The van der Waals surface area contributed by atoms with Crippen LogP contribution in [0, 0.1) is 6.92 Å². The minimum atomic E-state index is -0.0790. The number of carbonyl (C=O) groups is 1. The van der Waals surface area contributed by atoms with Gasteiger partial charge in [0.2, 0.25) is 0 Å². The summed E-state index contributed by atoms with van der Waals surface area (Å²) in [6, 6.07) is 11.9. The van der Waals surface area contributed by atoms with Crippen LogP contribution >= 0.6 is 11.6 Å². The van der Waals surface area contributed by atoms with E-state index in [1.165, 1.54) is 17.5 Å². The Morgan fingerprint density at radius 2 is 2.14 bits per heavy atom. The number of carbonyl (C=O) groups excluding carboxylic acids is 1. The van der Waals surface area contributed by atoms with Crippen molar-refractivity contribution in [1.29, 1.82) is 0 Å². The molecule has 0 aliphatic heterocycles. The molecular formula is C18H19ClN2O. The summed E-state index contributed by atoms with van der Waals surface area (Å²) >= 11 is 5.83. The molecule has 1 aromatic carbocycles. The van der Waals surface area contributed by atoms with Crippen molar-refractivity contribution in [2.24, 2.45) is 0 Å². The monoisotopic (exact) mass is 314 g/mol. The number of hydrogen-bond donors (Lipinski definition) is 1. The van der Waals surface area contributed by atoms with Crippen molar-refractivity contribution in [3.05, 3.63) is 63.9 Å². The van der Waals surface area contributed by atoms with Gasteiger partial charge in [0, 0.05) is 12.5 Å². The summed E-state index contributed by atoms with van der Waals surface area (Å²) in [5, 5.41) is 3.46. The van der Waals surface area contributed by atoms with Gasteiger partial charge >= 0.3 is 0 Å². The van der Waals surface area contributed by atoms with Gasteiger partial charge in [0.15, 0.2) is 0 Å². The summed E-state index contributed by atoms with van der Waals surface area (Å²) in [7, 11) is 0. The van der Waals surface area contributed by atoms with E-state index >= 15 is 0 Å². The highest BCUT2D eigenvalue weighted by atomic mass is 35.5. The molecule has 1 amide bonds. The van der Waals surface area contributed by atoms with Gasteiger partial charge in [-0.3, -0.25) is 4.79 Å². The number of benzene rings is 1. The number of nitrogens with zero attached hydrogens (tertiary/aromatic N) is 1. The molecule has 1 heterocycles. The van der Waals surface area contributed by atoms with Crippen molar-refractivity contribution in [2.45, 2.75) is 32.1 Å². The van der Waals surface area contributed by atoms with E-state index in [-0.39, 0.29) is 5.91 Å². The van der Waals surface area contributed by atoms with Crippen molar-refractivity contribution >= 4 is 17.5 Å². The molecule has 3 rings (SSSR count). The highest BCUT2D eigenvalue weighted by Gasteiger charge is 2.20. The zero-order valence-corrected chi connectivity index (χ0v) is 13.4. The van der Waals surface area contributed by atoms with Gasteiger partial charge in [-0.05, 0) is 49.4 Å². The molecule has 22 heavy (non-hydrogen) atoms. The van der Waals surface area contributed by atoms with Gasteiger partial charge in [-0.15, -0.1) is 0 Å². The summed E-state index contributed by atoms with van der Waals surface area (Å²) in [6.07, 6.45) is 3.44. The third-order valence-electron chi connectivity index (χ3n) is 4.30. The number of nitrogens with one attached hydrogen (secondary N) is 1. The Balaban J connectivity index is 1.69. The number of rotatable bonds is 3. The van der Waals surface area contributed by atoms with Crippen molar-refractivity contribution in [2.75, 3.05) is 6.54 Å². The third kappa shape index (κ3) is 3.14. The summed E-state index contributed by atoms with van der Waals surface area (Å²) in [5.74, 6) is 0.319. The molecule has 1 aliphatic carbocycles. The Hall–Kier alpha value is -1.87. The smallest absolute Gasteiger partial charge is 0.253 e. The molecule has 0 spiro atoms. The maximum Gasteiger partial charge on any atom is 0.253 e. The van der Waals surface area contributed by atoms with Crippen LogP contribution in [-0.2, 0) is 6.42 Å². The van der Waals surface area contributed by atoms with Crippen LogP contribution in [0.4, 0.5) is 0 Å². The van der Waals surface area contributed by atoms with Crippen molar-refractivity contribution in [3.8, 4) is 0 Å². The van der Waals surface area contributed by atoms with Gasteiger partial charge in [-0.1, -0.05) is 35.9 Å². The van der Waals surface area contributed by atoms with E-state index in [4.69, 9.17) is 11.6 Å². The fourth-order valence-corrected chi connectivity index (χ4v) is 3.34. The molecule has 4 heteroatoms. The standard InChI is InChI=1S/C18H19ClN2O/c1-12-15(9-10-17(19)21-12)18(22)20-11-14-7-4-6-13-5-2-3-8-16(13)14/h2-3,5,8-10,14H,4,6-7,11H2,1H3,(H,20,22)/t14-/m1/s1. The lowest BCUT2D eigenvalue weighted by atomic mass is 9.83. The second kappa shape index (κ2) is 6.49. The number of pyridine rings is 1. The second-order valence-corrected chi connectivity index (χ2v) is 6.15. The molecule has 1 atom stereocenters. The number of aryl methyl sites for hydroxylation is 2. The molecule has 0 saturated heterocycles. The van der Waals surface area contributed by atoms with Gasteiger partial charge in [-0.2, -0.15) is 0 Å². The normalized spacial score (nSPS) is 16.9. The first kappa shape index (κ1) is 15.0. The molecule has 0 saturated carbocycles. The first-order chi connectivity index (χ1) is 10.6. The van der Waals surface area contributed by atoms with Gasteiger partial charge in [0.25, 0.3) is 5.91 Å². The Morgan fingerprint density at radius 3 is 2.95 bits per heavy atom. The fourth-order valence-electron chi connectivity index (χ4n) is 3.15. The quantitative estimate of drug-likeness (QED) is 0.873. The molecular weight excluding hydrogens is 296 g/mol. The molecule has 0 unspecified atom stereocenters.